The maximum absolute atomic E-state index is 13.2. The molecule has 0 spiro atoms. The van der Waals surface area contributed by atoms with Crippen LogP contribution in [0.4, 0.5) is 10.1 Å². The quantitative estimate of drug-likeness (QED) is 0.799. The average molecular weight is 192 g/mol. The van der Waals surface area contributed by atoms with Crippen LogP contribution in [0, 0.1) is 17.1 Å². The molecule has 0 aliphatic heterocycles. The standard InChI is InChI=1S/C11H13FN2/c1-3-11(2,8-13)14-10-7-5-4-6-9(10)12/h4-7,14H,3H2,1-2H3. The van der Waals surface area contributed by atoms with Gasteiger partial charge in [0, 0.05) is 0 Å². The second-order valence-corrected chi connectivity index (χ2v) is 3.40. The van der Waals surface area contributed by atoms with Gasteiger partial charge in [0.05, 0.1) is 11.8 Å². The highest BCUT2D eigenvalue weighted by Gasteiger charge is 2.21. The third kappa shape index (κ3) is 2.23. The second-order valence-electron chi connectivity index (χ2n) is 3.40. The lowest BCUT2D eigenvalue weighted by molar-refractivity contribution is 0.596. The Balaban J connectivity index is 2.89. The summed E-state index contributed by atoms with van der Waals surface area (Å²) in [5.41, 5.74) is -0.333. The van der Waals surface area contributed by atoms with Gasteiger partial charge in [-0.1, -0.05) is 19.1 Å². The van der Waals surface area contributed by atoms with Crippen molar-refractivity contribution in [3.8, 4) is 6.07 Å². The van der Waals surface area contributed by atoms with Crippen LogP contribution in [-0.4, -0.2) is 5.54 Å². The molecule has 0 aromatic heterocycles. The number of nitrogens with zero attached hydrogens (tertiary/aromatic N) is 1. The number of anilines is 1. The molecule has 2 nitrogen and oxygen atoms in total. The Hall–Kier alpha value is -1.56. The molecule has 0 amide bonds. The predicted octanol–water partition coefficient (Wildman–Crippen LogP) is 2.93. The molecule has 0 aliphatic carbocycles. The minimum atomic E-state index is -0.706. The van der Waals surface area contributed by atoms with Gasteiger partial charge in [0.25, 0.3) is 0 Å². The summed E-state index contributed by atoms with van der Waals surface area (Å²) in [5, 5.41) is 11.8. The van der Waals surface area contributed by atoms with Gasteiger partial charge in [-0.3, -0.25) is 0 Å². The number of halogens is 1. The van der Waals surface area contributed by atoms with Gasteiger partial charge in [0.2, 0.25) is 0 Å². The zero-order chi connectivity index (χ0) is 10.6. The van der Waals surface area contributed by atoms with E-state index in [4.69, 9.17) is 5.26 Å². The molecule has 0 saturated carbocycles. The van der Waals surface area contributed by atoms with Crippen molar-refractivity contribution in [2.24, 2.45) is 0 Å². The number of benzene rings is 1. The molecule has 14 heavy (non-hydrogen) atoms. The summed E-state index contributed by atoms with van der Waals surface area (Å²) in [6.07, 6.45) is 0.623. The van der Waals surface area contributed by atoms with E-state index in [2.05, 4.69) is 11.4 Å². The van der Waals surface area contributed by atoms with Gasteiger partial charge < -0.3 is 5.32 Å². The van der Waals surface area contributed by atoms with Gasteiger partial charge in [0.1, 0.15) is 11.4 Å². The van der Waals surface area contributed by atoms with Gasteiger partial charge in [-0.05, 0) is 25.5 Å². The lowest BCUT2D eigenvalue weighted by Gasteiger charge is -2.22. The molecule has 74 valence electrons. The summed E-state index contributed by atoms with van der Waals surface area (Å²) in [5.74, 6) is -0.331. The molecule has 0 fully saturated rings. The zero-order valence-corrected chi connectivity index (χ0v) is 8.34. The van der Waals surface area contributed by atoms with Crippen LogP contribution >= 0.6 is 0 Å². The van der Waals surface area contributed by atoms with E-state index in [1.165, 1.54) is 6.07 Å². The van der Waals surface area contributed by atoms with Crippen LogP contribution in [-0.2, 0) is 0 Å². The van der Waals surface area contributed by atoms with E-state index in [9.17, 15) is 4.39 Å². The fourth-order valence-electron chi connectivity index (χ4n) is 1.06. The Morgan fingerprint density at radius 3 is 2.64 bits per heavy atom. The molecule has 0 radical (unpaired) electrons. The normalized spacial score (nSPS) is 14.1. The summed E-state index contributed by atoms with van der Waals surface area (Å²) >= 11 is 0. The molecule has 1 rings (SSSR count). The Kier molecular flexibility index (Phi) is 3.08. The summed E-state index contributed by atoms with van der Waals surface area (Å²) in [6, 6.07) is 8.48. The van der Waals surface area contributed by atoms with E-state index in [1.54, 1.807) is 25.1 Å². The van der Waals surface area contributed by atoms with Gasteiger partial charge in [-0.15, -0.1) is 0 Å². The first-order chi connectivity index (χ1) is 6.61. The highest BCUT2D eigenvalue weighted by molar-refractivity contribution is 5.48. The number of hydrogen-bond acceptors (Lipinski definition) is 2. The first-order valence-corrected chi connectivity index (χ1v) is 4.55. The van der Waals surface area contributed by atoms with Crippen LogP contribution < -0.4 is 5.32 Å². The van der Waals surface area contributed by atoms with Crippen molar-refractivity contribution < 1.29 is 4.39 Å². The Morgan fingerprint density at radius 2 is 2.14 bits per heavy atom. The Labute approximate surface area is 83.4 Å². The highest BCUT2D eigenvalue weighted by atomic mass is 19.1. The molecule has 1 unspecified atom stereocenters. The molecule has 0 heterocycles. The molecular formula is C11H13FN2. The summed E-state index contributed by atoms with van der Waals surface area (Å²) in [4.78, 5) is 0. The number of nitriles is 1. The third-order valence-electron chi connectivity index (χ3n) is 2.24. The molecule has 0 bridgehead atoms. The Morgan fingerprint density at radius 1 is 1.50 bits per heavy atom. The maximum atomic E-state index is 13.2. The minimum Gasteiger partial charge on any atom is -0.365 e. The molecule has 1 atom stereocenters. The maximum Gasteiger partial charge on any atom is 0.146 e. The summed E-state index contributed by atoms with van der Waals surface area (Å²) in [6.45, 7) is 3.64. The zero-order valence-electron chi connectivity index (χ0n) is 8.34. The van der Waals surface area contributed by atoms with Crippen molar-refractivity contribution in [3.05, 3.63) is 30.1 Å². The number of para-hydroxylation sites is 1. The molecule has 0 saturated heterocycles. The van der Waals surface area contributed by atoms with Crippen molar-refractivity contribution in [2.45, 2.75) is 25.8 Å². The van der Waals surface area contributed by atoms with Crippen molar-refractivity contribution >= 4 is 5.69 Å². The molecule has 3 heteroatoms. The number of nitrogens with one attached hydrogen (secondary N) is 1. The third-order valence-corrected chi connectivity index (χ3v) is 2.24. The van der Waals surface area contributed by atoms with Crippen LogP contribution in [0.3, 0.4) is 0 Å². The van der Waals surface area contributed by atoms with Gasteiger partial charge in [-0.25, -0.2) is 4.39 Å². The van der Waals surface area contributed by atoms with E-state index >= 15 is 0 Å². The van der Waals surface area contributed by atoms with E-state index in [1.807, 2.05) is 6.92 Å². The lowest BCUT2D eigenvalue weighted by Crippen LogP contribution is -2.32. The van der Waals surface area contributed by atoms with Crippen LogP contribution in [0.15, 0.2) is 24.3 Å². The average Bonchev–Trinajstić information content (AvgIpc) is 2.21. The van der Waals surface area contributed by atoms with Crippen LogP contribution in [0.25, 0.3) is 0 Å². The summed E-state index contributed by atoms with van der Waals surface area (Å²) < 4.78 is 13.2. The van der Waals surface area contributed by atoms with E-state index < -0.39 is 5.54 Å². The molecule has 0 aliphatic rings. The minimum absolute atomic E-state index is 0.331. The summed E-state index contributed by atoms with van der Waals surface area (Å²) in [7, 11) is 0. The van der Waals surface area contributed by atoms with Gasteiger partial charge >= 0.3 is 0 Å². The lowest BCUT2D eigenvalue weighted by atomic mass is 10.0. The van der Waals surface area contributed by atoms with Crippen LogP contribution in [0.5, 0.6) is 0 Å². The van der Waals surface area contributed by atoms with E-state index in [0.717, 1.165) is 0 Å². The van der Waals surface area contributed by atoms with Crippen LogP contribution in [0.2, 0.25) is 0 Å². The highest BCUT2D eigenvalue weighted by Crippen LogP contribution is 2.20. The number of rotatable bonds is 3. The first kappa shape index (κ1) is 10.5. The molecular weight excluding hydrogens is 179 g/mol. The Bertz CT molecular complexity index is 357. The molecule has 1 aromatic rings. The van der Waals surface area contributed by atoms with E-state index in [-0.39, 0.29) is 5.82 Å². The molecule has 1 N–H and O–H groups in total. The van der Waals surface area contributed by atoms with Crippen molar-refractivity contribution in [1.82, 2.24) is 0 Å². The van der Waals surface area contributed by atoms with Gasteiger partial charge in [-0.2, -0.15) is 5.26 Å². The SMILES string of the molecule is CCC(C)(C#N)Nc1ccccc1F. The van der Waals surface area contributed by atoms with E-state index in [0.29, 0.717) is 12.1 Å². The predicted molar refractivity (Wildman–Crippen MR) is 54.3 cm³/mol. The van der Waals surface area contributed by atoms with Gasteiger partial charge in [0.15, 0.2) is 0 Å². The van der Waals surface area contributed by atoms with Crippen molar-refractivity contribution in [1.29, 1.82) is 5.26 Å². The monoisotopic (exact) mass is 192 g/mol. The fourth-order valence-corrected chi connectivity index (χ4v) is 1.06. The fraction of sp³-hybridized carbons (Fsp3) is 0.364. The van der Waals surface area contributed by atoms with Crippen molar-refractivity contribution in [2.75, 3.05) is 5.32 Å². The first-order valence-electron chi connectivity index (χ1n) is 4.55. The van der Waals surface area contributed by atoms with Crippen molar-refractivity contribution in [3.63, 3.8) is 0 Å². The topological polar surface area (TPSA) is 35.8 Å². The van der Waals surface area contributed by atoms with Crippen LogP contribution in [0.1, 0.15) is 20.3 Å². The number of hydrogen-bond donors (Lipinski definition) is 1. The largest absolute Gasteiger partial charge is 0.365 e. The second kappa shape index (κ2) is 4.10. The molecule has 1 aromatic carbocycles. The smallest absolute Gasteiger partial charge is 0.146 e.